The van der Waals surface area contributed by atoms with Gasteiger partial charge >= 0.3 is 0 Å². The van der Waals surface area contributed by atoms with Crippen molar-refractivity contribution >= 4 is 17.4 Å². The number of nitrogens with zero attached hydrogens (tertiary/aromatic N) is 1. The van der Waals surface area contributed by atoms with Gasteiger partial charge in [0.2, 0.25) is 0 Å². The van der Waals surface area contributed by atoms with Gasteiger partial charge in [-0.05, 0) is 30.3 Å². The van der Waals surface area contributed by atoms with Gasteiger partial charge < -0.3 is 16.4 Å². The Balaban J connectivity index is 1.76. The molecular formula is C14H15FN4O. The molecular weight excluding hydrogens is 259 g/mol. The number of carbonyl (C=O) groups excluding carboxylic acids is 1. The Labute approximate surface area is 116 Å². The van der Waals surface area contributed by atoms with Gasteiger partial charge in [-0.1, -0.05) is 6.07 Å². The molecule has 0 bridgehead atoms. The van der Waals surface area contributed by atoms with Crippen molar-refractivity contribution < 1.29 is 9.18 Å². The van der Waals surface area contributed by atoms with E-state index >= 15 is 0 Å². The summed E-state index contributed by atoms with van der Waals surface area (Å²) in [4.78, 5) is 15.7. The van der Waals surface area contributed by atoms with Crippen molar-refractivity contribution in [2.24, 2.45) is 0 Å². The lowest BCUT2D eigenvalue weighted by Crippen LogP contribution is -2.28. The molecule has 1 aromatic heterocycles. The highest BCUT2D eigenvalue weighted by Gasteiger charge is 2.05. The largest absolute Gasteiger partial charge is 0.384 e. The molecule has 0 aliphatic rings. The number of benzene rings is 1. The van der Waals surface area contributed by atoms with Gasteiger partial charge in [-0.15, -0.1) is 0 Å². The topological polar surface area (TPSA) is 80.0 Å². The van der Waals surface area contributed by atoms with E-state index in [1.807, 2.05) is 0 Å². The van der Waals surface area contributed by atoms with Gasteiger partial charge in [-0.3, -0.25) is 4.79 Å². The number of pyridine rings is 1. The monoisotopic (exact) mass is 274 g/mol. The SMILES string of the molecule is Nc1ccc(NCCNC(=O)c2cccc(F)c2)cn1. The van der Waals surface area contributed by atoms with E-state index in [-0.39, 0.29) is 5.91 Å². The molecule has 1 heterocycles. The van der Waals surface area contributed by atoms with E-state index in [1.165, 1.54) is 18.2 Å². The lowest BCUT2D eigenvalue weighted by molar-refractivity contribution is 0.0954. The Hall–Kier alpha value is -2.63. The number of nitrogen functional groups attached to an aromatic ring is 1. The number of rotatable bonds is 5. The van der Waals surface area contributed by atoms with Crippen molar-refractivity contribution in [2.75, 3.05) is 24.1 Å². The van der Waals surface area contributed by atoms with Crippen LogP contribution >= 0.6 is 0 Å². The molecule has 0 unspecified atom stereocenters. The first kappa shape index (κ1) is 13.8. The summed E-state index contributed by atoms with van der Waals surface area (Å²) in [6, 6.07) is 9.06. The second-order valence-electron chi connectivity index (χ2n) is 4.16. The molecule has 0 saturated heterocycles. The molecule has 2 aromatic rings. The third-order valence-electron chi connectivity index (χ3n) is 2.61. The van der Waals surface area contributed by atoms with Crippen LogP contribution in [-0.4, -0.2) is 24.0 Å². The maximum Gasteiger partial charge on any atom is 0.251 e. The number of hydrogen-bond donors (Lipinski definition) is 3. The number of aromatic nitrogens is 1. The second kappa shape index (κ2) is 6.51. The highest BCUT2D eigenvalue weighted by molar-refractivity contribution is 5.94. The van der Waals surface area contributed by atoms with Gasteiger partial charge in [0, 0.05) is 18.7 Å². The first-order valence-electron chi connectivity index (χ1n) is 6.14. The van der Waals surface area contributed by atoms with Gasteiger partial charge in [0.05, 0.1) is 11.9 Å². The maximum atomic E-state index is 13.0. The first-order chi connectivity index (χ1) is 9.65. The van der Waals surface area contributed by atoms with Crippen molar-refractivity contribution in [3.8, 4) is 0 Å². The molecule has 2 rings (SSSR count). The fourth-order valence-electron chi connectivity index (χ4n) is 1.62. The molecule has 0 fully saturated rings. The smallest absolute Gasteiger partial charge is 0.251 e. The zero-order chi connectivity index (χ0) is 14.4. The third-order valence-corrected chi connectivity index (χ3v) is 2.61. The highest BCUT2D eigenvalue weighted by Crippen LogP contribution is 2.06. The zero-order valence-corrected chi connectivity index (χ0v) is 10.8. The summed E-state index contributed by atoms with van der Waals surface area (Å²) in [7, 11) is 0. The molecule has 5 nitrogen and oxygen atoms in total. The number of carbonyl (C=O) groups is 1. The van der Waals surface area contributed by atoms with E-state index in [0.717, 1.165) is 5.69 Å². The fraction of sp³-hybridized carbons (Fsp3) is 0.143. The second-order valence-corrected chi connectivity index (χ2v) is 4.16. The molecule has 0 spiro atoms. The molecule has 1 aromatic carbocycles. The number of hydrogen-bond acceptors (Lipinski definition) is 4. The van der Waals surface area contributed by atoms with Gasteiger partial charge in [-0.25, -0.2) is 9.37 Å². The zero-order valence-electron chi connectivity index (χ0n) is 10.8. The molecule has 1 amide bonds. The van der Waals surface area contributed by atoms with E-state index in [2.05, 4.69) is 15.6 Å². The van der Waals surface area contributed by atoms with Gasteiger partial charge in [-0.2, -0.15) is 0 Å². The van der Waals surface area contributed by atoms with Gasteiger partial charge in [0.15, 0.2) is 0 Å². The molecule has 6 heteroatoms. The van der Waals surface area contributed by atoms with E-state index in [9.17, 15) is 9.18 Å². The minimum atomic E-state index is -0.427. The minimum absolute atomic E-state index is 0.304. The number of halogens is 1. The Kier molecular flexibility index (Phi) is 4.49. The quantitative estimate of drug-likeness (QED) is 0.724. The number of nitrogens with one attached hydrogen (secondary N) is 2. The van der Waals surface area contributed by atoms with Gasteiger partial charge in [0.25, 0.3) is 5.91 Å². The summed E-state index contributed by atoms with van der Waals surface area (Å²) < 4.78 is 13.0. The lowest BCUT2D eigenvalue weighted by atomic mass is 10.2. The molecule has 0 aliphatic carbocycles. The average molecular weight is 274 g/mol. The van der Waals surface area contributed by atoms with Crippen LogP contribution in [0.4, 0.5) is 15.9 Å². The predicted octanol–water partition coefficient (Wildman–Crippen LogP) is 1.64. The Morgan fingerprint density at radius 3 is 2.80 bits per heavy atom. The number of anilines is 2. The number of amides is 1. The third kappa shape index (κ3) is 3.94. The van der Waals surface area contributed by atoms with Crippen LogP contribution in [0.1, 0.15) is 10.4 Å². The van der Waals surface area contributed by atoms with Crippen LogP contribution in [0.15, 0.2) is 42.6 Å². The Morgan fingerprint density at radius 2 is 2.10 bits per heavy atom. The van der Waals surface area contributed by atoms with E-state index in [1.54, 1.807) is 24.4 Å². The van der Waals surface area contributed by atoms with Crippen molar-refractivity contribution in [2.45, 2.75) is 0 Å². The molecule has 20 heavy (non-hydrogen) atoms. The van der Waals surface area contributed by atoms with Crippen LogP contribution in [0.25, 0.3) is 0 Å². The standard InChI is InChI=1S/C14H15FN4O/c15-11-3-1-2-10(8-11)14(20)18-7-6-17-12-4-5-13(16)19-9-12/h1-5,8-9,17H,6-7H2,(H2,16,19)(H,18,20). The Bertz CT molecular complexity index is 586. The van der Waals surface area contributed by atoms with Crippen LogP contribution in [0.2, 0.25) is 0 Å². The highest BCUT2D eigenvalue weighted by atomic mass is 19.1. The number of nitrogens with two attached hydrogens (primary N) is 1. The average Bonchev–Trinajstić information content (AvgIpc) is 2.45. The Morgan fingerprint density at radius 1 is 1.25 bits per heavy atom. The van der Waals surface area contributed by atoms with Crippen molar-refractivity contribution in [3.05, 3.63) is 54.0 Å². The van der Waals surface area contributed by atoms with Gasteiger partial charge in [0.1, 0.15) is 11.6 Å². The summed E-state index contributed by atoms with van der Waals surface area (Å²) >= 11 is 0. The van der Waals surface area contributed by atoms with Crippen LogP contribution in [0.3, 0.4) is 0 Å². The van der Waals surface area contributed by atoms with Crippen LogP contribution in [0.5, 0.6) is 0 Å². The van der Waals surface area contributed by atoms with E-state index in [4.69, 9.17) is 5.73 Å². The molecule has 0 saturated carbocycles. The van der Waals surface area contributed by atoms with Crippen molar-refractivity contribution in [1.82, 2.24) is 10.3 Å². The van der Waals surface area contributed by atoms with Crippen LogP contribution in [-0.2, 0) is 0 Å². The van der Waals surface area contributed by atoms with Crippen LogP contribution in [0, 0.1) is 5.82 Å². The minimum Gasteiger partial charge on any atom is -0.384 e. The molecule has 0 radical (unpaired) electrons. The molecule has 4 N–H and O–H groups in total. The molecule has 0 atom stereocenters. The normalized spacial score (nSPS) is 10.1. The summed E-state index contributed by atoms with van der Waals surface area (Å²) in [5.41, 5.74) is 6.59. The van der Waals surface area contributed by atoms with E-state index in [0.29, 0.717) is 24.5 Å². The first-order valence-corrected chi connectivity index (χ1v) is 6.14. The summed E-state index contributed by atoms with van der Waals surface area (Å²) in [5.74, 6) is -0.277. The molecule has 104 valence electrons. The predicted molar refractivity (Wildman–Crippen MR) is 75.9 cm³/mol. The van der Waals surface area contributed by atoms with E-state index < -0.39 is 5.82 Å². The summed E-state index contributed by atoms with van der Waals surface area (Å²) in [6.07, 6.45) is 1.61. The molecule has 0 aliphatic heterocycles. The van der Waals surface area contributed by atoms with Crippen molar-refractivity contribution in [3.63, 3.8) is 0 Å². The lowest BCUT2D eigenvalue weighted by Gasteiger charge is -2.08. The summed E-state index contributed by atoms with van der Waals surface area (Å²) in [6.45, 7) is 0.951. The van der Waals surface area contributed by atoms with Crippen molar-refractivity contribution in [1.29, 1.82) is 0 Å². The van der Waals surface area contributed by atoms with Crippen LogP contribution < -0.4 is 16.4 Å². The fourth-order valence-corrected chi connectivity index (χ4v) is 1.62. The maximum absolute atomic E-state index is 13.0. The summed E-state index contributed by atoms with van der Waals surface area (Å²) in [5, 5.41) is 5.78.